The number of rotatable bonds is 10. The highest BCUT2D eigenvalue weighted by atomic mass is 16.5. The van der Waals surface area contributed by atoms with Crippen LogP contribution >= 0.6 is 0 Å². The van der Waals surface area contributed by atoms with E-state index in [9.17, 15) is 9.59 Å². The minimum Gasteiger partial charge on any atom is -0.496 e. The van der Waals surface area contributed by atoms with Gasteiger partial charge in [-0.15, -0.1) is 0 Å². The molecule has 1 aromatic rings. The largest absolute Gasteiger partial charge is 0.496 e. The van der Waals surface area contributed by atoms with E-state index in [2.05, 4.69) is 5.32 Å². The average molecular weight is 322 g/mol. The van der Waals surface area contributed by atoms with Gasteiger partial charge >= 0.3 is 0 Å². The molecule has 0 saturated carbocycles. The van der Waals surface area contributed by atoms with Gasteiger partial charge in [-0.05, 0) is 12.5 Å². The predicted octanol–water partition coefficient (Wildman–Crippen LogP) is 1.59. The van der Waals surface area contributed by atoms with Crippen molar-refractivity contribution in [2.24, 2.45) is 0 Å². The van der Waals surface area contributed by atoms with E-state index >= 15 is 0 Å². The van der Waals surface area contributed by atoms with Crippen LogP contribution in [0.25, 0.3) is 0 Å². The molecule has 0 spiro atoms. The van der Waals surface area contributed by atoms with Crippen molar-refractivity contribution >= 4 is 11.8 Å². The van der Waals surface area contributed by atoms with Crippen molar-refractivity contribution in [1.82, 2.24) is 10.2 Å². The van der Waals surface area contributed by atoms with Crippen LogP contribution in [0.1, 0.15) is 25.3 Å². The Bertz CT molecular complexity index is 505. The molecule has 23 heavy (non-hydrogen) atoms. The molecule has 0 radical (unpaired) electrons. The normalized spacial score (nSPS) is 10.2. The second-order valence-electron chi connectivity index (χ2n) is 5.20. The molecule has 0 bridgehead atoms. The van der Waals surface area contributed by atoms with Crippen LogP contribution in [-0.2, 0) is 20.9 Å². The molecule has 0 aromatic heterocycles. The lowest BCUT2D eigenvalue weighted by Gasteiger charge is -2.22. The molecule has 0 aliphatic rings. The summed E-state index contributed by atoms with van der Waals surface area (Å²) in [6, 6.07) is 7.56. The van der Waals surface area contributed by atoms with Crippen LogP contribution < -0.4 is 10.1 Å². The van der Waals surface area contributed by atoms with Gasteiger partial charge in [0.05, 0.1) is 7.11 Å². The Morgan fingerprint density at radius 1 is 1.22 bits per heavy atom. The minimum absolute atomic E-state index is 0.0626. The van der Waals surface area contributed by atoms with Gasteiger partial charge in [0.1, 0.15) is 5.75 Å². The molecular weight excluding hydrogens is 296 g/mol. The van der Waals surface area contributed by atoms with Crippen molar-refractivity contribution in [3.8, 4) is 5.75 Å². The van der Waals surface area contributed by atoms with Crippen molar-refractivity contribution < 1.29 is 19.1 Å². The maximum Gasteiger partial charge on any atom is 0.221 e. The van der Waals surface area contributed by atoms with Crippen LogP contribution in [0.15, 0.2) is 24.3 Å². The number of nitrogens with one attached hydrogen (secondary N) is 1. The summed E-state index contributed by atoms with van der Waals surface area (Å²) in [5.74, 6) is 0.609. The van der Waals surface area contributed by atoms with E-state index < -0.39 is 0 Å². The predicted molar refractivity (Wildman–Crippen MR) is 88.2 cm³/mol. The van der Waals surface area contributed by atoms with E-state index in [4.69, 9.17) is 9.47 Å². The first-order valence-electron chi connectivity index (χ1n) is 7.71. The van der Waals surface area contributed by atoms with Gasteiger partial charge in [-0.25, -0.2) is 0 Å². The monoisotopic (exact) mass is 322 g/mol. The third-order valence-corrected chi connectivity index (χ3v) is 3.46. The number of ether oxygens (including phenoxy) is 2. The van der Waals surface area contributed by atoms with Gasteiger partial charge in [-0.1, -0.05) is 18.2 Å². The van der Waals surface area contributed by atoms with Crippen LogP contribution in [0, 0.1) is 0 Å². The average Bonchev–Trinajstić information content (AvgIpc) is 2.55. The molecule has 0 fully saturated rings. The lowest BCUT2D eigenvalue weighted by molar-refractivity contribution is -0.130. The molecule has 0 saturated heterocycles. The first-order valence-corrected chi connectivity index (χ1v) is 7.71. The zero-order chi connectivity index (χ0) is 17.1. The quantitative estimate of drug-likeness (QED) is 0.664. The third kappa shape index (κ3) is 7.15. The SMILES string of the molecule is COCCCNC(=O)CCN(Cc1ccccc1OC)C(C)=O. The van der Waals surface area contributed by atoms with E-state index in [1.807, 2.05) is 24.3 Å². The van der Waals surface area contributed by atoms with E-state index in [1.54, 1.807) is 19.1 Å². The van der Waals surface area contributed by atoms with Crippen LogP contribution in [0.5, 0.6) is 5.75 Å². The van der Waals surface area contributed by atoms with E-state index in [0.717, 1.165) is 17.7 Å². The Balaban J connectivity index is 2.49. The second-order valence-corrected chi connectivity index (χ2v) is 5.20. The molecule has 0 aliphatic carbocycles. The number of amides is 2. The summed E-state index contributed by atoms with van der Waals surface area (Å²) in [4.78, 5) is 25.2. The maximum atomic E-state index is 11.8. The van der Waals surface area contributed by atoms with Gasteiger partial charge in [0.25, 0.3) is 0 Å². The Morgan fingerprint density at radius 2 is 1.96 bits per heavy atom. The lowest BCUT2D eigenvalue weighted by atomic mass is 10.2. The summed E-state index contributed by atoms with van der Waals surface area (Å²) in [5.41, 5.74) is 0.922. The Labute approximate surface area is 137 Å². The minimum atomic E-state index is -0.0666. The van der Waals surface area contributed by atoms with Crippen molar-refractivity contribution in [2.75, 3.05) is 33.9 Å². The highest BCUT2D eigenvalue weighted by Crippen LogP contribution is 2.19. The van der Waals surface area contributed by atoms with Gasteiger partial charge in [-0.3, -0.25) is 9.59 Å². The third-order valence-electron chi connectivity index (χ3n) is 3.46. The Hall–Kier alpha value is -2.08. The van der Waals surface area contributed by atoms with Gasteiger partial charge < -0.3 is 19.7 Å². The number of benzene rings is 1. The summed E-state index contributed by atoms with van der Waals surface area (Å²) >= 11 is 0. The number of carbonyl (C=O) groups is 2. The van der Waals surface area contributed by atoms with Crippen LogP contribution in [0.4, 0.5) is 0 Å². The zero-order valence-corrected chi connectivity index (χ0v) is 14.1. The highest BCUT2D eigenvalue weighted by Gasteiger charge is 2.13. The summed E-state index contributed by atoms with van der Waals surface area (Å²) in [6.45, 7) is 3.51. The lowest BCUT2D eigenvalue weighted by Crippen LogP contribution is -2.34. The number of nitrogens with zero attached hydrogens (tertiary/aromatic N) is 1. The molecule has 1 rings (SSSR count). The molecule has 1 N–H and O–H groups in total. The molecule has 2 amide bonds. The number of para-hydroxylation sites is 1. The number of methoxy groups -OCH3 is 2. The van der Waals surface area contributed by atoms with Gasteiger partial charge in [0, 0.05) is 52.3 Å². The molecule has 0 aliphatic heterocycles. The molecule has 6 nitrogen and oxygen atoms in total. The topological polar surface area (TPSA) is 67.9 Å². The van der Waals surface area contributed by atoms with E-state index in [1.165, 1.54) is 6.92 Å². The fourth-order valence-electron chi connectivity index (χ4n) is 2.16. The van der Waals surface area contributed by atoms with E-state index in [-0.39, 0.29) is 18.2 Å². The summed E-state index contributed by atoms with van der Waals surface area (Å²) in [6.07, 6.45) is 1.06. The molecule has 1 aromatic carbocycles. The zero-order valence-electron chi connectivity index (χ0n) is 14.1. The molecular formula is C17H26N2O4. The Morgan fingerprint density at radius 3 is 2.61 bits per heavy atom. The fourth-order valence-corrected chi connectivity index (χ4v) is 2.16. The highest BCUT2D eigenvalue weighted by molar-refractivity contribution is 5.78. The fraction of sp³-hybridized carbons (Fsp3) is 0.529. The van der Waals surface area contributed by atoms with Crippen molar-refractivity contribution in [1.29, 1.82) is 0 Å². The number of hydrogen-bond acceptors (Lipinski definition) is 4. The number of hydrogen-bond donors (Lipinski definition) is 1. The van der Waals surface area contributed by atoms with Crippen molar-refractivity contribution in [3.05, 3.63) is 29.8 Å². The van der Waals surface area contributed by atoms with Gasteiger partial charge in [0.15, 0.2) is 0 Å². The van der Waals surface area contributed by atoms with Gasteiger partial charge in [-0.2, -0.15) is 0 Å². The first-order chi connectivity index (χ1) is 11.1. The van der Waals surface area contributed by atoms with Crippen molar-refractivity contribution in [3.63, 3.8) is 0 Å². The molecule has 0 heterocycles. The molecule has 128 valence electrons. The smallest absolute Gasteiger partial charge is 0.221 e. The second kappa shape index (κ2) is 10.6. The Kier molecular flexibility index (Phi) is 8.75. The number of carbonyl (C=O) groups excluding carboxylic acids is 2. The molecule has 6 heteroatoms. The summed E-state index contributed by atoms with van der Waals surface area (Å²) in [5, 5.41) is 2.82. The molecule has 0 atom stereocenters. The van der Waals surface area contributed by atoms with Crippen LogP contribution in [0.2, 0.25) is 0 Å². The summed E-state index contributed by atoms with van der Waals surface area (Å²) < 4.78 is 10.2. The summed E-state index contributed by atoms with van der Waals surface area (Å²) in [7, 11) is 3.23. The van der Waals surface area contributed by atoms with Crippen LogP contribution in [-0.4, -0.2) is 50.6 Å². The first kappa shape index (κ1) is 19.0. The molecule has 0 unspecified atom stereocenters. The standard InChI is InChI=1S/C17H26N2O4/c1-14(20)19(11-9-17(21)18-10-6-12-22-2)13-15-7-4-5-8-16(15)23-3/h4-5,7-8H,6,9-13H2,1-3H3,(H,18,21). The van der Waals surface area contributed by atoms with Crippen molar-refractivity contribution in [2.45, 2.75) is 26.3 Å². The van der Waals surface area contributed by atoms with Gasteiger partial charge in [0.2, 0.25) is 11.8 Å². The van der Waals surface area contributed by atoms with E-state index in [0.29, 0.717) is 26.2 Å². The maximum absolute atomic E-state index is 11.8. The van der Waals surface area contributed by atoms with Crippen LogP contribution in [0.3, 0.4) is 0 Å².